The third-order valence-corrected chi connectivity index (χ3v) is 4.77. The molecule has 0 aliphatic carbocycles. The number of anilines is 2. The molecule has 0 bridgehead atoms. The Balaban J connectivity index is 1.35. The molecule has 0 atom stereocenters. The van der Waals surface area contributed by atoms with Crippen LogP contribution < -0.4 is 19.7 Å². The van der Waals surface area contributed by atoms with E-state index in [1.165, 1.54) is 0 Å². The minimum absolute atomic E-state index is 0.108. The molecule has 30 heavy (non-hydrogen) atoms. The van der Waals surface area contributed by atoms with Gasteiger partial charge in [0.2, 0.25) is 18.6 Å². The number of ether oxygens (including phenoxy) is 2. The van der Waals surface area contributed by atoms with E-state index in [0.717, 1.165) is 16.9 Å². The van der Waals surface area contributed by atoms with Gasteiger partial charge in [-0.15, -0.1) is 0 Å². The van der Waals surface area contributed by atoms with Gasteiger partial charge in [-0.2, -0.15) is 0 Å². The van der Waals surface area contributed by atoms with Crippen LogP contribution in [0.4, 0.5) is 11.4 Å². The minimum Gasteiger partial charge on any atom is -0.454 e. The van der Waals surface area contributed by atoms with Crippen molar-refractivity contribution in [2.45, 2.75) is 19.4 Å². The number of hydrogen-bond donors (Lipinski definition) is 1. The molecule has 4 rings (SSSR count). The summed E-state index contributed by atoms with van der Waals surface area (Å²) in [7, 11) is 0. The lowest BCUT2D eigenvalue weighted by atomic mass is 10.1. The molecule has 0 saturated carbocycles. The standard InChI is InChI=1S/C24H22N2O4/c27-23(25-16-18-11-12-21-22(15-18)30-17-29-21)13-14-24(28)26(19-7-3-1-4-8-19)20-9-5-2-6-10-20/h1-12,15H,13-14,16-17H2,(H,25,27). The SMILES string of the molecule is O=C(CCC(=O)N(c1ccccc1)c1ccccc1)NCc1ccc2c(c1)OCO2. The van der Waals surface area contributed by atoms with Gasteiger partial charge in [-0.05, 0) is 42.0 Å². The van der Waals surface area contributed by atoms with Gasteiger partial charge >= 0.3 is 0 Å². The molecule has 6 heteroatoms. The van der Waals surface area contributed by atoms with Crippen LogP contribution in [-0.4, -0.2) is 18.6 Å². The minimum atomic E-state index is -0.179. The summed E-state index contributed by atoms with van der Waals surface area (Å²) in [6, 6.07) is 24.4. The first-order chi connectivity index (χ1) is 14.7. The second-order valence-electron chi connectivity index (χ2n) is 6.86. The lowest BCUT2D eigenvalue weighted by Gasteiger charge is -2.23. The maximum atomic E-state index is 13.0. The first-order valence-electron chi connectivity index (χ1n) is 9.79. The van der Waals surface area contributed by atoms with Crippen molar-refractivity contribution in [1.82, 2.24) is 5.32 Å². The lowest BCUT2D eigenvalue weighted by molar-refractivity contribution is -0.125. The molecule has 1 aliphatic heterocycles. The number of rotatable bonds is 7. The molecule has 0 spiro atoms. The summed E-state index contributed by atoms with van der Waals surface area (Å²) < 4.78 is 10.6. The number of nitrogens with one attached hydrogen (secondary N) is 1. The van der Waals surface area contributed by atoms with Gasteiger partial charge in [0.05, 0.1) is 0 Å². The van der Waals surface area contributed by atoms with E-state index in [1.54, 1.807) is 4.90 Å². The van der Waals surface area contributed by atoms with Crippen LogP contribution in [0.3, 0.4) is 0 Å². The normalized spacial score (nSPS) is 11.7. The molecule has 152 valence electrons. The number of nitrogens with zero attached hydrogens (tertiary/aromatic N) is 1. The summed E-state index contributed by atoms with van der Waals surface area (Å²) in [6.45, 7) is 0.581. The molecular weight excluding hydrogens is 380 g/mol. The van der Waals surface area contributed by atoms with Gasteiger partial charge in [-0.1, -0.05) is 42.5 Å². The summed E-state index contributed by atoms with van der Waals surface area (Å²) >= 11 is 0. The Morgan fingerprint density at radius 3 is 2.10 bits per heavy atom. The Hall–Kier alpha value is -3.80. The van der Waals surface area contributed by atoms with Gasteiger partial charge < -0.3 is 14.8 Å². The van der Waals surface area contributed by atoms with Crippen LogP contribution in [0.15, 0.2) is 78.9 Å². The quantitative estimate of drug-likeness (QED) is 0.644. The van der Waals surface area contributed by atoms with Crippen molar-refractivity contribution in [3.8, 4) is 11.5 Å². The molecule has 1 heterocycles. The fourth-order valence-electron chi connectivity index (χ4n) is 3.26. The molecule has 1 aliphatic rings. The Morgan fingerprint density at radius 1 is 0.800 bits per heavy atom. The molecule has 2 amide bonds. The topological polar surface area (TPSA) is 67.9 Å². The number of amides is 2. The van der Waals surface area contributed by atoms with E-state index >= 15 is 0 Å². The Labute approximate surface area is 175 Å². The fourth-order valence-corrected chi connectivity index (χ4v) is 3.26. The van der Waals surface area contributed by atoms with Gasteiger partial charge in [-0.25, -0.2) is 0 Å². The molecule has 6 nitrogen and oxygen atoms in total. The van der Waals surface area contributed by atoms with Gasteiger partial charge in [0.25, 0.3) is 0 Å². The number of carbonyl (C=O) groups excluding carboxylic acids is 2. The molecular formula is C24H22N2O4. The van der Waals surface area contributed by atoms with E-state index in [1.807, 2.05) is 78.9 Å². The average molecular weight is 402 g/mol. The third kappa shape index (κ3) is 4.60. The monoisotopic (exact) mass is 402 g/mol. The molecule has 0 unspecified atom stereocenters. The number of carbonyl (C=O) groups is 2. The lowest BCUT2D eigenvalue weighted by Crippen LogP contribution is -2.29. The number of hydrogen-bond acceptors (Lipinski definition) is 4. The number of fused-ring (bicyclic) bond motifs is 1. The zero-order chi connectivity index (χ0) is 20.8. The summed E-state index contributed by atoms with van der Waals surface area (Å²) in [5, 5.41) is 2.86. The maximum Gasteiger partial charge on any atom is 0.232 e. The summed E-state index contributed by atoms with van der Waals surface area (Å²) in [4.78, 5) is 26.9. The second kappa shape index (κ2) is 9.13. The number of benzene rings is 3. The molecule has 3 aromatic rings. The van der Waals surface area contributed by atoms with E-state index in [4.69, 9.17) is 9.47 Å². The van der Waals surface area contributed by atoms with Crippen molar-refractivity contribution in [3.05, 3.63) is 84.4 Å². The van der Waals surface area contributed by atoms with Crippen molar-refractivity contribution >= 4 is 23.2 Å². The van der Waals surface area contributed by atoms with Crippen LogP contribution in [-0.2, 0) is 16.1 Å². The highest BCUT2D eigenvalue weighted by Crippen LogP contribution is 2.32. The molecule has 0 fully saturated rings. The highest BCUT2D eigenvalue weighted by atomic mass is 16.7. The second-order valence-corrected chi connectivity index (χ2v) is 6.86. The Morgan fingerprint density at radius 2 is 1.43 bits per heavy atom. The van der Waals surface area contributed by atoms with Crippen molar-refractivity contribution in [1.29, 1.82) is 0 Å². The van der Waals surface area contributed by atoms with Crippen LogP contribution >= 0.6 is 0 Å². The highest BCUT2D eigenvalue weighted by molar-refractivity contribution is 6.01. The molecule has 0 aromatic heterocycles. The largest absolute Gasteiger partial charge is 0.454 e. The predicted octanol–water partition coefficient (Wildman–Crippen LogP) is 4.18. The average Bonchev–Trinajstić information content (AvgIpc) is 3.26. The van der Waals surface area contributed by atoms with Crippen molar-refractivity contribution in [2.24, 2.45) is 0 Å². The van der Waals surface area contributed by atoms with Crippen LogP contribution in [0.5, 0.6) is 11.5 Å². The molecule has 0 radical (unpaired) electrons. The maximum absolute atomic E-state index is 13.0. The molecule has 3 aromatic carbocycles. The zero-order valence-electron chi connectivity index (χ0n) is 16.4. The Bertz CT molecular complexity index is 982. The van der Waals surface area contributed by atoms with Gasteiger partial charge in [0.1, 0.15) is 0 Å². The summed E-state index contributed by atoms with van der Waals surface area (Å²) in [5.41, 5.74) is 2.46. The van der Waals surface area contributed by atoms with Crippen molar-refractivity contribution < 1.29 is 19.1 Å². The van der Waals surface area contributed by atoms with Crippen LogP contribution in [0.1, 0.15) is 18.4 Å². The van der Waals surface area contributed by atoms with Crippen molar-refractivity contribution in [3.63, 3.8) is 0 Å². The molecule has 1 N–H and O–H groups in total. The van der Waals surface area contributed by atoms with Crippen LogP contribution in [0, 0.1) is 0 Å². The first-order valence-corrected chi connectivity index (χ1v) is 9.79. The zero-order valence-corrected chi connectivity index (χ0v) is 16.4. The van der Waals surface area contributed by atoms with E-state index in [2.05, 4.69) is 5.32 Å². The Kier molecular flexibility index (Phi) is 5.94. The van der Waals surface area contributed by atoms with E-state index in [-0.39, 0.29) is 31.4 Å². The van der Waals surface area contributed by atoms with Crippen LogP contribution in [0.25, 0.3) is 0 Å². The predicted molar refractivity (Wildman–Crippen MR) is 114 cm³/mol. The highest BCUT2D eigenvalue weighted by Gasteiger charge is 2.19. The summed E-state index contributed by atoms with van der Waals surface area (Å²) in [6.07, 6.45) is 0.219. The van der Waals surface area contributed by atoms with Gasteiger partial charge in [0.15, 0.2) is 11.5 Å². The van der Waals surface area contributed by atoms with Gasteiger partial charge in [-0.3, -0.25) is 14.5 Å². The van der Waals surface area contributed by atoms with Crippen molar-refractivity contribution in [2.75, 3.05) is 11.7 Å². The van der Waals surface area contributed by atoms with E-state index < -0.39 is 0 Å². The van der Waals surface area contributed by atoms with E-state index in [0.29, 0.717) is 18.0 Å². The van der Waals surface area contributed by atoms with E-state index in [9.17, 15) is 9.59 Å². The first kappa shape index (κ1) is 19.5. The molecule has 0 saturated heterocycles. The van der Waals surface area contributed by atoms with Gasteiger partial charge in [0, 0.05) is 30.8 Å². The fraction of sp³-hybridized carbons (Fsp3) is 0.167. The number of para-hydroxylation sites is 2. The van der Waals surface area contributed by atoms with Crippen LogP contribution in [0.2, 0.25) is 0 Å². The summed E-state index contributed by atoms with van der Waals surface area (Å²) in [5.74, 6) is 1.07. The smallest absolute Gasteiger partial charge is 0.232 e. The third-order valence-electron chi connectivity index (χ3n) is 4.77.